The van der Waals surface area contributed by atoms with E-state index in [4.69, 9.17) is 4.74 Å². The van der Waals surface area contributed by atoms with Crippen molar-refractivity contribution in [3.63, 3.8) is 0 Å². The van der Waals surface area contributed by atoms with Gasteiger partial charge in [-0.05, 0) is 38.5 Å². The van der Waals surface area contributed by atoms with Gasteiger partial charge in [-0.15, -0.1) is 0 Å². The second-order valence-electron chi connectivity index (χ2n) is 6.54. The zero-order valence-electron chi connectivity index (χ0n) is 15.6. The molecule has 0 aliphatic carbocycles. The van der Waals surface area contributed by atoms with Gasteiger partial charge in [-0.25, -0.2) is 13.2 Å². The van der Waals surface area contributed by atoms with Crippen molar-refractivity contribution in [2.24, 2.45) is 0 Å². The maximum Gasteiger partial charge on any atom is 0.335 e. The summed E-state index contributed by atoms with van der Waals surface area (Å²) in [5.74, 6) is -0.486. The SMILES string of the molecule is CCOC(=O)C1=C[C@@H](C)N(S(=O)(=O)c2ccc(C)cc2)[C@H]1c1ccccc1. The Morgan fingerprint density at radius 1 is 1.07 bits per heavy atom. The Balaban J connectivity index is 2.10. The molecule has 1 heterocycles. The smallest absolute Gasteiger partial charge is 0.335 e. The number of rotatable bonds is 5. The second-order valence-corrected chi connectivity index (χ2v) is 8.39. The molecule has 6 heteroatoms. The molecular weight excluding hydrogens is 362 g/mol. The molecule has 27 heavy (non-hydrogen) atoms. The number of ether oxygens (including phenoxy) is 1. The monoisotopic (exact) mass is 385 g/mol. The van der Waals surface area contributed by atoms with Crippen molar-refractivity contribution in [2.75, 3.05) is 6.61 Å². The van der Waals surface area contributed by atoms with Crippen LogP contribution in [0.2, 0.25) is 0 Å². The fourth-order valence-electron chi connectivity index (χ4n) is 3.34. The standard InChI is InChI=1S/C21H23NO4S/c1-4-26-21(23)19-14-16(3)22(20(19)17-8-6-5-7-9-17)27(24,25)18-12-10-15(2)11-13-18/h5-14,16,20H,4H2,1-3H3/t16-,20+/m1/s1. The van der Waals surface area contributed by atoms with E-state index in [1.807, 2.05) is 37.3 Å². The van der Waals surface area contributed by atoms with Gasteiger partial charge in [0.15, 0.2) is 0 Å². The zero-order chi connectivity index (χ0) is 19.6. The van der Waals surface area contributed by atoms with Crippen LogP contribution in [0.4, 0.5) is 0 Å². The average molecular weight is 385 g/mol. The minimum absolute atomic E-state index is 0.208. The lowest BCUT2D eigenvalue weighted by atomic mass is 10.0. The Morgan fingerprint density at radius 3 is 2.30 bits per heavy atom. The molecule has 0 N–H and O–H groups in total. The van der Waals surface area contributed by atoms with E-state index in [2.05, 4.69) is 0 Å². The maximum absolute atomic E-state index is 13.4. The van der Waals surface area contributed by atoms with Crippen LogP contribution in [0.3, 0.4) is 0 Å². The molecule has 2 aromatic carbocycles. The highest BCUT2D eigenvalue weighted by molar-refractivity contribution is 7.89. The molecule has 2 aromatic rings. The van der Waals surface area contributed by atoms with E-state index in [0.717, 1.165) is 11.1 Å². The van der Waals surface area contributed by atoms with Gasteiger partial charge >= 0.3 is 5.97 Å². The van der Waals surface area contributed by atoms with Gasteiger partial charge in [0.25, 0.3) is 0 Å². The Kier molecular flexibility index (Phi) is 5.48. The molecule has 0 fully saturated rings. The van der Waals surface area contributed by atoms with Gasteiger partial charge < -0.3 is 4.74 Å². The van der Waals surface area contributed by atoms with Crippen LogP contribution in [0.25, 0.3) is 0 Å². The number of aryl methyl sites for hydroxylation is 1. The van der Waals surface area contributed by atoms with Gasteiger partial charge in [-0.1, -0.05) is 54.1 Å². The van der Waals surface area contributed by atoms with E-state index in [-0.39, 0.29) is 11.5 Å². The lowest BCUT2D eigenvalue weighted by Crippen LogP contribution is -2.37. The predicted molar refractivity (Wildman–Crippen MR) is 104 cm³/mol. The first-order chi connectivity index (χ1) is 12.9. The molecule has 0 saturated heterocycles. The minimum Gasteiger partial charge on any atom is -0.463 e. The third kappa shape index (κ3) is 3.68. The summed E-state index contributed by atoms with van der Waals surface area (Å²) in [5, 5.41) is 0. The van der Waals surface area contributed by atoms with E-state index in [1.165, 1.54) is 4.31 Å². The number of carbonyl (C=O) groups excluding carboxylic acids is 1. The Bertz CT molecular complexity index is 949. The maximum atomic E-state index is 13.4. The molecule has 0 aromatic heterocycles. The zero-order valence-corrected chi connectivity index (χ0v) is 16.4. The van der Waals surface area contributed by atoms with Crippen LogP contribution >= 0.6 is 0 Å². The number of sulfonamides is 1. The molecule has 0 amide bonds. The molecule has 1 aliphatic heterocycles. The number of hydrogen-bond acceptors (Lipinski definition) is 4. The number of esters is 1. The topological polar surface area (TPSA) is 63.7 Å². The highest BCUT2D eigenvalue weighted by atomic mass is 32.2. The van der Waals surface area contributed by atoms with E-state index >= 15 is 0 Å². The van der Waals surface area contributed by atoms with Crippen LogP contribution in [0, 0.1) is 6.92 Å². The van der Waals surface area contributed by atoms with E-state index in [0.29, 0.717) is 5.57 Å². The molecule has 0 unspecified atom stereocenters. The summed E-state index contributed by atoms with van der Waals surface area (Å²) >= 11 is 0. The Morgan fingerprint density at radius 2 is 1.70 bits per heavy atom. The van der Waals surface area contributed by atoms with Gasteiger partial charge in [0.05, 0.1) is 23.1 Å². The van der Waals surface area contributed by atoms with Gasteiger partial charge in [-0.2, -0.15) is 4.31 Å². The van der Waals surface area contributed by atoms with Gasteiger partial charge in [-0.3, -0.25) is 0 Å². The number of benzene rings is 2. The van der Waals surface area contributed by atoms with Gasteiger partial charge in [0, 0.05) is 6.04 Å². The Hall–Kier alpha value is -2.44. The first-order valence-electron chi connectivity index (χ1n) is 8.90. The normalized spacial score (nSPS) is 20.3. The van der Waals surface area contributed by atoms with Crippen molar-refractivity contribution in [1.82, 2.24) is 4.31 Å². The van der Waals surface area contributed by atoms with E-state index in [1.54, 1.807) is 44.2 Å². The first kappa shape index (κ1) is 19.3. The molecule has 2 atom stereocenters. The van der Waals surface area contributed by atoms with Crippen LogP contribution in [-0.4, -0.2) is 31.3 Å². The molecule has 1 aliphatic rings. The lowest BCUT2D eigenvalue weighted by Gasteiger charge is -2.29. The van der Waals surface area contributed by atoms with Crippen molar-refractivity contribution in [1.29, 1.82) is 0 Å². The van der Waals surface area contributed by atoms with Crippen LogP contribution in [0.1, 0.15) is 31.0 Å². The van der Waals surface area contributed by atoms with Crippen LogP contribution in [-0.2, 0) is 19.6 Å². The van der Waals surface area contributed by atoms with Crippen molar-refractivity contribution < 1.29 is 17.9 Å². The summed E-state index contributed by atoms with van der Waals surface area (Å²) in [4.78, 5) is 12.7. The summed E-state index contributed by atoms with van der Waals surface area (Å²) in [6, 6.07) is 14.7. The summed E-state index contributed by atoms with van der Waals surface area (Å²) in [7, 11) is -3.81. The van der Waals surface area contributed by atoms with Gasteiger partial charge in [0.2, 0.25) is 10.0 Å². The second kappa shape index (κ2) is 7.66. The molecule has 0 saturated carbocycles. The molecule has 0 bridgehead atoms. The van der Waals surface area contributed by atoms with Crippen molar-refractivity contribution in [3.05, 3.63) is 77.4 Å². The fraction of sp³-hybridized carbons (Fsp3) is 0.286. The average Bonchev–Trinajstić information content (AvgIpc) is 3.01. The minimum atomic E-state index is -3.81. The molecule has 142 valence electrons. The van der Waals surface area contributed by atoms with E-state index in [9.17, 15) is 13.2 Å². The molecular formula is C21H23NO4S. The number of hydrogen-bond donors (Lipinski definition) is 0. The number of carbonyl (C=O) groups is 1. The quantitative estimate of drug-likeness (QED) is 0.738. The third-order valence-corrected chi connectivity index (χ3v) is 6.56. The van der Waals surface area contributed by atoms with Crippen molar-refractivity contribution in [3.8, 4) is 0 Å². The van der Waals surface area contributed by atoms with Crippen LogP contribution in [0.5, 0.6) is 0 Å². The highest BCUT2D eigenvalue weighted by Crippen LogP contribution is 2.41. The van der Waals surface area contributed by atoms with Gasteiger partial charge in [0.1, 0.15) is 0 Å². The summed E-state index contributed by atoms with van der Waals surface area (Å²) in [6.45, 7) is 5.64. The fourth-order valence-corrected chi connectivity index (χ4v) is 5.08. The Labute approximate surface area is 160 Å². The van der Waals surface area contributed by atoms with Crippen LogP contribution < -0.4 is 0 Å². The molecule has 0 radical (unpaired) electrons. The van der Waals surface area contributed by atoms with Crippen molar-refractivity contribution in [2.45, 2.75) is 37.8 Å². The van der Waals surface area contributed by atoms with Crippen molar-refractivity contribution >= 4 is 16.0 Å². The third-order valence-electron chi connectivity index (χ3n) is 4.59. The lowest BCUT2D eigenvalue weighted by molar-refractivity contribution is -0.138. The molecule has 5 nitrogen and oxygen atoms in total. The summed E-state index contributed by atoms with van der Waals surface area (Å²) in [6.07, 6.45) is 1.68. The highest BCUT2D eigenvalue weighted by Gasteiger charge is 2.44. The largest absolute Gasteiger partial charge is 0.463 e. The predicted octanol–water partition coefficient (Wildman–Crippen LogP) is 3.62. The first-order valence-corrected chi connectivity index (χ1v) is 10.3. The summed E-state index contributed by atoms with van der Waals surface area (Å²) in [5.41, 5.74) is 2.07. The summed E-state index contributed by atoms with van der Waals surface area (Å²) < 4.78 is 33.4. The molecule has 3 rings (SSSR count). The van der Waals surface area contributed by atoms with E-state index < -0.39 is 28.1 Å². The number of nitrogens with zero attached hydrogens (tertiary/aromatic N) is 1. The molecule has 0 spiro atoms. The van der Waals surface area contributed by atoms with Crippen LogP contribution in [0.15, 0.2) is 71.1 Å².